The van der Waals surface area contributed by atoms with Crippen LogP contribution in [0.2, 0.25) is 5.02 Å². The van der Waals surface area contributed by atoms with Gasteiger partial charge in [0.1, 0.15) is 5.17 Å². The Bertz CT molecular complexity index is 293. The van der Waals surface area contributed by atoms with Gasteiger partial charge in [0.05, 0.1) is 10.7 Å². The number of nitrogens with one attached hydrogen (secondary N) is 1. The van der Waals surface area contributed by atoms with Crippen LogP contribution < -0.4 is 5.43 Å². The third-order valence-corrected chi connectivity index (χ3v) is 1.62. The van der Waals surface area contributed by atoms with Gasteiger partial charge < -0.3 is 0 Å². The zero-order valence-electron chi connectivity index (χ0n) is 6.51. The monoisotopic (exact) mass is 202 g/mol. The number of halogens is 2. The van der Waals surface area contributed by atoms with Crippen molar-refractivity contribution in [1.29, 1.82) is 0 Å². The molecule has 0 aromatic heterocycles. The Morgan fingerprint density at radius 2 is 2.08 bits per heavy atom. The van der Waals surface area contributed by atoms with E-state index in [4.69, 9.17) is 23.2 Å². The van der Waals surface area contributed by atoms with Crippen molar-refractivity contribution in [3.63, 3.8) is 0 Å². The van der Waals surface area contributed by atoms with Crippen LogP contribution in [0, 0.1) is 0 Å². The highest BCUT2D eigenvalue weighted by molar-refractivity contribution is 6.64. The summed E-state index contributed by atoms with van der Waals surface area (Å²) in [6, 6.07) is 7.33. The van der Waals surface area contributed by atoms with E-state index in [1.807, 2.05) is 18.2 Å². The minimum Gasteiger partial charge on any atom is -0.276 e. The summed E-state index contributed by atoms with van der Waals surface area (Å²) in [4.78, 5) is 0. The molecule has 0 aliphatic rings. The van der Waals surface area contributed by atoms with Crippen molar-refractivity contribution in [2.75, 3.05) is 5.43 Å². The first-order chi connectivity index (χ1) is 5.70. The van der Waals surface area contributed by atoms with Gasteiger partial charge in [-0.2, -0.15) is 5.10 Å². The summed E-state index contributed by atoms with van der Waals surface area (Å²) in [5.41, 5.74) is 3.49. The third-order valence-electron chi connectivity index (χ3n) is 1.20. The van der Waals surface area contributed by atoms with Crippen molar-refractivity contribution in [2.24, 2.45) is 5.10 Å². The predicted molar refractivity (Wildman–Crippen MR) is 54.0 cm³/mol. The molecule has 64 valence electrons. The molecule has 4 heteroatoms. The normalized spacial score (nSPS) is 11.4. The highest BCUT2D eigenvalue weighted by atomic mass is 35.5. The molecule has 0 atom stereocenters. The summed E-state index contributed by atoms with van der Waals surface area (Å²) in [5.74, 6) is 0. The van der Waals surface area contributed by atoms with Gasteiger partial charge >= 0.3 is 0 Å². The number of benzene rings is 1. The van der Waals surface area contributed by atoms with Crippen LogP contribution in [-0.2, 0) is 0 Å². The number of para-hydroxylation sites is 1. The predicted octanol–water partition coefficient (Wildman–Crippen LogP) is 3.32. The van der Waals surface area contributed by atoms with Gasteiger partial charge in [-0.3, -0.25) is 5.43 Å². The first-order valence-corrected chi connectivity index (χ1v) is 4.16. The van der Waals surface area contributed by atoms with Crippen LogP contribution in [0.1, 0.15) is 6.92 Å². The topological polar surface area (TPSA) is 24.4 Å². The summed E-state index contributed by atoms with van der Waals surface area (Å²) in [5, 5.41) is 4.87. The average molecular weight is 203 g/mol. The highest BCUT2D eigenvalue weighted by Crippen LogP contribution is 2.20. The van der Waals surface area contributed by atoms with E-state index in [1.54, 1.807) is 13.0 Å². The van der Waals surface area contributed by atoms with Crippen LogP contribution in [0.5, 0.6) is 0 Å². The SMILES string of the molecule is C/C(Cl)=N/Nc1ccccc1Cl. The Hall–Kier alpha value is -0.730. The lowest BCUT2D eigenvalue weighted by molar-refractivity contribution is 1.34. The van der Waals surface area contributed by atoms with E-state index in [-0.39, 0.29) is 0 Å². The molecule has 0 fully saturated rings. The largest absolute Gasteiger partial charge is 0.276 e. The number of hydrogen-bond donors (Lipinski definition) is 1. The van der Waals surface area contributed by atoms with Crippen LogP contribution >= 0.6 is 23.2 Å². The smallest absolute Gasteiger partial charge is 0.123 e. The molecule has 1 aromatic carbocycles. The van der Waals surface area contributed by atoms with Crippen molar-refractivity contribution in [3.05, 3.63) is 29.3 Å². The van der Waals surface area contributed by atoms with E-state index < -0.39 is 0 Å². The van der Waals surface area contributed by atoms with Gasteiger partial charge in [-0.1, -0.05) is 35.3 Å². The van der Waals surface area contributed by atoms with Crippen LogP contribution in [0.25, 0.3) is 0 Å². The lowest BCUT2D eigenvalue weighted by Crippen LogP contribution is -1.91. The zero-order chi connectivity index (χ0) is 8.97. The van der Waals surface area contributed by atoms with Gasteiger partial charge in [0.2, 0.25) is 0 Å². The van der Waals surface area contributed by atoms with Gasteiger partial charge in [-0.25, -0.2) is 0 Å². The first kappa shape index (κ1) is 9.36. The molecule has 1 rings (SSSR count). The van der Waals surface area contributed by atoms with Crippen LogP contribution in [0.4, 0.5) is 5.69 Å². The Morgan fingerprint density at radius 3 is 2.67 bits per heavy atom. The molecule has 0 saturated heterocycles. The van der Waals surface area contributed by atoms with Crippen molar-refractivity contribution < 1.29 is 0 Å². The van der Waals surface area contributed by atoms with Crippen LogP contribution in [0.15, 0.2) is 29.4 Å². The van der Waals surface area contributed by atoms with E-state index in [0.717, 1.165) is 5.69 Å². The number of rotatable bonds is 2. The Kier molecular flexibility index (Phi) is 3.38. The standard InChI is InChI=1S/C8H8Cl2N2/c1-6(9)11-12-8-5-3-2-4-7(8)10/h2-5,12H,1H3/b11-6-. The maximum Gasteiger partial charge on any atom is 0.123 e. The molecule has 0 saturated carbocycles. The molecule has 0 bridgehead atoms. The van der Waals surface area contributed by atoms with Crippen molar-refractivity contribution in [3.8, 4) is 0 Å². The van der Waals surface area contributed by atoms with Gasteiger partial charge in [-0.05, 0) is 19.1 Å². The van der Waals surface area contributed by atoms with E-state index in [1.165, 1.54) is 0 Å². The molecule has 0 aliphatic heterocycles. The summed E-state index contributed by atoms with van der Waals surface area (Å²) in [7, 11) is 0. The zero-order valence-corrected chi connectivity index (χ0v) is 8.02. The van der Waals surface area contributed by atoms with Gasteiger partial charge in [0.15, 0.2) is 0 Å². The minimum absolute atomic E-state index is 0.440. The van der Waals surface area contributed by atoms with E-state index in [9.17, 15) is 0 Å². The lowest BCUT2D eigenvalue weighted by atomic mass is 10.3. The molecule has 2 nitrogen and oxygen atoms in total. The second-order valence-electron chi connectivity index (χ2n) is 2.20. The number of nitrogens with zero attached hydrogens (tertiary/aromatic N) is 1. The third kappa shape index (κ3) is 2.72. The molecule has 1 N–H and O–H groups in total. The molecular weight excluding hydrogens is 195 g/mol. The lowest BCUT2D eigenvalue weighted by Gasteiger charge is -2.01. The molecule has 0 radical (unpaired) electrons. The first-order valence-electron chi connectivity index (χ1n) is 3.40. The van der Waals surface area contributed by atoms with Crippen molar-refractivity contribution in [2.45, 2.75) is 6.92 Å². The Balaban J connectivity index is 2.76. The van der Waals surface area contributed by atoms with Crippen molar-refractivity contribution in [1.82, 2.24) is 0 Å². The summed E-state index contributed by atoms with van der Waals surface area (Å²) < 4.78 is 0. The second-order valence-corrected chi connectivity index (χ2v) is 3.15. The highest BCUT2D eigenvalue weighted by Gasteiger charge is 1.94. The average Bonchev–Trinajstić information content (AvgIpc) is 2.03. The fraction of sp³-hybridized carbons (Fsp3) is 0.125. The summed E-state index contributed by atoms with van der Waals surface area (Å²) >= 11 is 11.4. The fourth-order valence-electron chi connectivity index (χ4n) is 0.689. The van der Waals surface area contributed by atoms with E-state index in [2.05, 4.69) is 10.5 Å². The van der Waals surface area contributed by atoms with Gasteiger partial charge in [0, 0.05) is 0 Å². The molecule has 12 heavy (non-hydrogen) atoms. The molecule has 0 amide bonds. The molecule has 0 heterocycles. The molecule has 1 aromatic rings. The van der Waals surface area contributed by atoms with Gasteiger partial charge in [-0.15, -0.1) is 0 Å². The summed E-state index contributed by atoms with van der Waals surface area (Å²) in [6.45, 7) is 1.69. The van der Waals surface area contributed by atoms with Gasteiger partial charge in [0.25, 0.3) is 0 Å². The number of anilines is 1. The molecule has 0 spiro atoms. The van der Waals surface area contributed by atoms with E-state index in [0.29, 0.717) is 10.2 Å². The molecule has 0 unspecified atom stereocenters. The molecular formula is C8H8Cl2N2. The second kappa shape index (κ2) is 4.33. The minimum atomic E-state index is 0.440. The number of hydrazone groups is 1. The Labute approximate surface area is 81.2 Å². The number of hydrogen-bond acceptors (Lipinski definition) is 2. The summed E-state index contributed by atoms with van der Waals surface area (Å²) in [6.07, 6.45) is 0. The Morgan fingerprint density at radius 1 is 1.42 bits per heavy atom. The quantitative estimate of drug-likeness (QED) is 0.578. The van der Waals surface area contributed by atoms with Crippen LogP contribution in [-0.4, -0.2) is 5.17 Å². The maximum atomic E-state index is 5.83. The van der Waals surface area contributed by atoms with E-state index >= 15 is 0 Å². The maximum absolute atomic E-state index is 5.83. The molecule has 0 aliphatic carbocycles. The van der Waals surface area contributed by atoms with Crippen molar-refractivity contribution >= 4 is 34.1 Å². The fourth-order valence-corrected chi connectivity index (χ4v) is 0.909. The van der Waals surface area contributed by atoms with Crippen LogP contribution in [0.3, 0.4) is 0 Å².